The van der Waals surface area contributed by atoms with E-state index in [9.17, 15) is 19.5 Å². The van der Waals surface area contributed by atoms with Crippen molar-refractivity contribution < 1.29 is 24.2 Å². The Morgan fingerprint density at radius 1 is 1.16 bits per heavy atom. The molecular formula is C22H19N5O5. The number of imide groups is 1. The van der Waals surface area contributed by atoms with Gasteiger partial charge in [0.05, 0.1) is 11.9 Å². The normalized spacial score (nSPS) is 17.9. The molecule has 0 radical (unpaired) electrons. The Labute approximate surface area is 182 Å². The molecule has 10 nitrogen and oxygen atoms in total. The second-order valence-electron chi connectivity index (χ2n) is 7.68. The Hall–Kier alpha value is -4.21. The van der Waals surface area contributed by atoms with E-state index in [0.717, 1.165) is 11.3 Å². The number of hydrogen-bond acceptors (Lipinski definition) is 7. The highest BCUT2D eigenvalue weighted by Crippen LogP contribution is 2.29. The van der Waals surface area contributed by atoms with Crippen molar-refractivity contribution in [3.05, 3.63) is 65.5 Å². The molecule has 2 aliphatic rings. The van der Waals surface area contributed by atoms with Crippen LogP contribution in [0, 0.1) is 0 Å². The minimum Gasteiger partial charge on any atom is -0.508 e. The van der Waals surface area contributed by atoms with Crippen molar-refractivity contribution in [1.82, 2.24) is 25.2 Å². The lowest BCUT2D eigenvalue weighted by molar-refractivity contribution is -0.136. The highest BCUT2D eigenvalue weighted by Gasteiger charge is 2.39. The standard InChI is InChI=1S/C22H19N5O5/c28-16-2-1-3-17(9-16)32-12-14-11-27(25-24-14)15-4-5-18-13(8-15)10-26(22(18)31)19-6-7-20(29)23-21(19)30/h1-5,8-9,11,19,28H,6-7,10,12H2,(H,23,29,30). The fraction of sp³-hybridized carbons (Fsp3) is 0.227. The SMILES string of the molecule is O=C1CCC(N2Cc3cc(-n4cc(COc5cccc(O)c5)nn4)ccc3C2=O)C(=O)N1. The van der Waals surface area contributed by atoms with Crippen molar-refractivity contribution in [3.63, 3.8) is 0 Å². The van der Waals surface area contributed by atoms with Crippen LogP contribution in [-0.4, -0.2) is 48.8 Å². The number of amides is 3. The van der Waals surface area contributed by atoms with Crippen LogP contribution >= 0.6 is 0 Å². The van der Waals surface area contributed by atoms with Crippen LogP contribution in [-0.2, 0) is 22.7 Å². The van der Waals surface area contributed by atoms with E-state index in [4.69, 9.17) is 4.74 Å². The van der Waals surface area contributed by atoms with E-state index in [1.165, 1.54) is 11.0 Å². The van der Waals surface area contributed by atoms with Crippen LogP contribution in [0.1, 0.15) is 34.5 Å². The van der Waals surface area contributed by atoms with Crippen LogP contribution in [0.15, 0.2) is 48.7 Å². The number of nitrogens with zero attached hydrogens (tertiary/aromatic N) is 4. The van der Waals surface area contributed by atoms with Gasteiger partial charge in [0.1, 0.15) is 29.8 Å². The average Bonchev–Trinajstić information content (AvgIpc) is 3.37. The quantitative estimate of drug-likeness (QED) is 0.581. The zero-order chi connectivity index (χ0) is 22.2. The molecule has 0 spiro atoms. The Morgan fingerprint density at radius 2 is 2.03 bits per heavy atom. The summed E-state index contributed by atoms with van der Waals surface area (Å²) in [5.41, 5.74) is 2.63. The van der Waals surface area contributed by atoms with Gasteiger partial charge in [0.2, 0.25) is 11.8 Å². The number of fused-ring (bicyclic) bond motifs is 1. The molecule has 1 saturated heterocycles. The predicted octanol–water partition coefficient (Wildman–Crippen LogP) is 1.31. The third-order valence-corrected chi connectivity index (χ3v) is 5.52. The monoisotopic (exact) mass is 433 g/mol. The van der Waals surface area contributed by atoms with Gasteiger partial charge in [0.15, 0.2) is 0 Å². The van der Waals surface area contributed by atoms with Gasteiger partial charge >= 0.3 is 0 Å². The molecule has 2 aliphatic heterocycles. The zero-order valence-electron chi connectivity index (χ0n) is 16.9. The molecule has 0 saturated carbocycles. The van der Waals surface area contributed by atoms with Gasteiger partial charge in [-0.2, -0.15) is 0 Å². The lowest BCUT2D eigenvalue weighted by Gasteiger charge is -2.29. The van der Waals surface area contributed by atoms with Gasteiger partial charge in [-0.05, 0) is 42.3 Å². The molecule has 1 fully saturated rings. The van der Waals surface area contributed by atoms with E-state index < -0.39 is 11.9 Å². The van der Waals surface area contributed by atoms with Crippen molar-refractivity contribution in [1.29, 1.82) is 0 Å². The van der Waals surface area contributed by atoms with Crippen LogP contribution < -0.4 is 10.1 Å². The zero-order valence-corrected chi connectivity index (χ0v) is 16.9. The number of rotatable bonds is 5. The molecule has 2 aromatic carbocycles. The van der Waals surface area contributed by atoms with Gasteiger partial charge in [-0.3, -0.25) is 19.7 Å². The maximum absolute atomic E-state index is 12.8. The van der Waals surface area contributed by atoms with Gasteiger partial charge in [0, 0.05) is 24.6 Å². The fourth-order valence-corrected chi connectivity index (χ4v) is 3.92. The van der Waals surface area contributed by atoms with Crippen molar-refractivity contribution >= 4 is 17.7 Å². The summed E-state index contributed by atoms with van der Waals surface area (Å²) in [6, 6.07) is 11.2. The number of aromatic hydroxyl groups is 1. The van der Waals surface area contributed by atoms with Crippen LogP contribution in [0.2, 0.25) is 0 Å². The fourth-order valence-electron chi connectivity index (χ4n) is 3.92. The average molecular weight is 433 g/mol. The minimum atomic E-state index is -0.649. The van der Waals surface area contributed by atoms with Crippen LogP contribution in [0.5, 0.6) is 11.5 Å². The predicted molar refractivity (Wildman–Crippen MR) is 110 cm³/mol. The van der Waals surface area contributed by atoms with Crippen LogP contribution in [0.3, 0.4) is 0 Å². The van der Waals surface area contributed by atoms with Gasteiger partial charge < -0.3 is 14.7 Å². The summed E-state index contributed by atoms with van der Waals surface area (Å²) in [7, 11) is 0. The van der Waals surface area contributed by atoms with Gasteiger partial charge in [-0.15, -0.1) is 5.10 Å². The number of piperidine rings is 1. The number of phenols is 1. The van der Waals surface area contributed by atoms with Crippen molar-refractivity contribution in [2.75, 3.05) is 0 Å². The first-order chi connectivity index (χ1) is 15.5. The Morgan fingerprint density at radius 3 is 2.84 bits per heavy atom. The molecule has 10 heteroatoms. The van der Waals surface area contributed by atoms with Gasteiger partial charge in [0.25, 0.3) is 5.91 Å². The first-order valence-electron chi connectivity index (χ1n) is 10.1. The lowest BCUT2D eigenvalue weighted by atomic mass is 10.0. The molecule has 1 unspecified atom stereocenters. The third kappa shape index (κ3) is 3.66. The molecular weight excluding hydrogens is 414 g/mol. The Bertz CT molecular complexity index is 1240. The van der Waals surface area contributed by atoms with E-state index >= 15 is 0 Å². The third-order valence-electron chi connectivity index (χ3n) is 5.52. The maximum Gasteiger partial charge on any atom is 0.255 e. The highest BCUT2D eigenvalue weighted by atomic mass is 16.5. The number of ether oxygens (including phenoxy) is 1. The summed E-state index contributed by atoms with van der Waals surface area (Å²) in [6.07, 6.45) is 2.26. The van der Waals surface area contributed by atoms with Crippen LogP contribution in [0.4, 0.5) is 0 Å². The van der Waals surface area contributed by atoms with Gasteiger partial charge in [-0.25, -0.2) is 4.68 Å². The summed E-state index contributed by atoms with van der Waals surface area (Å²) in [5, 5.41) is 20.0. The highest BCUT2D eigenvalue weighted by molar-refractivity contribution is 6.05. The number of benzene rings is 2. The van der Waals surface area contributed by atoms with E-state index in [1.54, 1.807) is 41.2 Å². The van der Waals surface area contributed by atoms with Crippen LogP contribution in [0.25, 0.3) is 5.69 Å². The first kappa shape index (κ1) is 19.7. The molecule has 5 rings (SSSR count). The Balaban J connectivity index is 1.30. The lowest BCUT2D eigenvalue weighted by Crippen LogP contribution is -2.52. The molecule has 3 amide bonds. The molecule has 162 valence electrons. The molecule has 0 bridgehead atoms. The summed E-state index contributed by atoms with van der Waals surface area (Å²) in [5.74, 6) is -0.336. The van der Waals surface area contributed by atoms with E-state index in [-0.39, 0.29) is 37.1 Å². The molecule has 3 aromatic rings. The largest absolute Gasteiger partial charge is 0.508 e. The van der Waals surface area contributed by atoms with E-state index in [2.05, 4.69) is 15.6 Å². The topological polar surface area (TPSA) is 127 Å². The smallest absolute Gasteiger partial charge is 0.255 e. The van der Waals surface area contributed by atoms with E-state index in [1.807, 2.05) is 6.07 Å². The summed E-state index contributed by atoms with van der Waals surface area (Å²) >= 11 is 0. The second-order valence-corrected chi connectivity index (χ2v) is 7.68. The number of carbonyl (C=O) groups excluding carboxylic acids is 3. The van der Waals surface area contributed by atoms with E-state index in [0.29, 0.717) is 23.4 Å². The molecule has 1 aromatic heterocycles. The Kier molecular flexibility index (Phi) is 4.81. The second kappa shape index (κ2) is 7.80. The summed E-state index contributed by atoms with van der Waals surface area (Å²) in [6.45, 7) is 0.465. The number of nitrogens with one attached hydrogen (secondary N) is 1. The minimum absolute atomic E-state index is 0.116. The maximum atomic E-state index is 12.8. The molecule has 32 heavy (non-hydrogen) atoms. The number of carbonyl (C=O) groups is 3. The van der Waals surface area contributed by atoms with Crippen molar-refractivity contribution in [2.45, 2.75) is 32.0 Å². The first-order valence-corrected chi connectivity index (χ1v) is 10.1. The molecule has 1 atom stereocenters. The number of aromatic nitrogens is 3. The summed E-state index contributed by atoms with van der Waals surface area (Å²) < 4.78 is 7.20. The molecule has 3 heterocycles. The summed E-state index contributed by atoms with van der Waals surface area (Å²) in [4.78, 5) is 37.9. The molecule has 2 N–H and O–H groups in total. The number of hydrogen-bond donors (Lipinski definition) is 2. The van der Waals surface area contributed by atoms with Crippen molar-refractivity contribution in [2.24, 2.45) is 0 Å². The van der Waals surface area contributed by atoms with Gasteiger partial charge in [-0.1, -0.05) is 11.3 Å². The van der Waals surface area contributed by atoms with Crippen molar-refractivity contribution in [3.8, 4) is 17.2 Å². The molecule has 0 aliphatic carbocycles. The number of phenolic OH excluding ortho intramolecular Hbond substituents is 1.